The molecule has 1 heterocycles. The number of aliphatic imine (C=N–C) groups is 1. The Morgan fingerprint density at radius 2 is 2.00 bits per heavy atom. The van der Waals surface area contributed by atoms with Crippen molar-refractivity contribution in [2.24, 2.45) is 10.9 Å². The molecule has 0 radical (unpaired) electrons. The summed E-state index contributed by atoms with van der Waals surface area (Å²) in [5.74, 6) is 1.11. The first kappa shape index (κ1) is 23.6. The molecule has 1 aliphatic rings. The lowest BCUT2D eigenvalue weighted by molar-refractivity contribution is -0.126. The third-order valence-corrected chi connectivity index (χ3v) is 4.64. The van der Waals surface area contributed by atoms with Gasteiger partial charge < -0.3 is 20.5 Å². The molecule has 1 fully saturated rings. The van der Waals surface area contributed by atoms with Crippen LogP contribution < -0.4 is 16.0 Å². The van der Waals surface area contributed by atoms with Crippen LogP contribution in [-0.4, -0.2) is 52.3 Å². The molecule has 1 amide bonds. The van der Waals surface area contributed by atoms with Gasteiger partial charge in [-0.25, -0.2) is 0 Å². The van der Waals surface area contributed by atoms with Gasteiger partial charge in [0.2, 0.25) is 5.91 Å². The number of aryl methyl sites for hydroxylation is 1. The van der Waals surface area contributed by atoms with Crippen LogP contribution in [0.5, 0.6) is 0 Å². The third kappa shape index (κ3) is 8.89. The molecule has 3 N–H and O–H groups in total. The summed E-state index contributed by atoms with van der Waals surface area (Å²) in [6.07, 6.45) is 9.58. The lowest BCUT2D eigenvalue weighted by Gasteiger charge is -2.30. The van der Waals surface area contributed by atoms with Crippen molar-refractivity contribution in [3.8, 4) is 0 Å². The van der Waals surface area contributed by atoms with Gasteiger partial charge in [0.1, 0.15) is 12.7 Å². The maximum absolute atomic E-state index is 12.3. The Morgan fingerprint density at radius 3 is 2.67 bits per heavy atom. The summed E-state index contributed by atoms with van der Waals surface area (Å²) in [4.78, 5) is 16.6. The van der Waals surface area contributed by atoms with Crippen LogP contribution in [0.3, 0.4) is 0 Å². The number of unbranched alkanes of at least 4 members (excludes halogenated alkanes) is 1. The monoisotopic (exact) mass is 491 g/mol. The number of aromatic nitrogens is 3. The Bertz CT molecular complexity index is 562. The standard InChI is InChI=1S/C18H33N7O.HI/c1-14(2)23-17(26)15-7-6-8-16(11-15)24-18(19-3)20-9-4-5-10-25-12-21-22-13-25;/h12-16H,4-11H2,1-3H3,(H,23,26)(H2,19,20,24);1H. The summed E-state index contributed by atoms with van der Waals surface area (Å²) < 4.78 is 1.98. The average Bonchev–Trinajstić information content (AvgIpc) is 3.13. The molecule has 1 aromatic rings. The molecule has 27 heavy (non-hydrogen) atoms. The zero-order chi connectivity index (χ0) is 18.8. The van der Waals surface area contributed by atoms with Crippen LogP contribution in [0.1, 0.15) is 52.4 Å². The van der Waals surface area contributed by atoms with Crippen LogP contribution >= 0.6 is 24.0 Å². The van der Waals surface area contributed by atoms with E-state index in [0.717, 1.165) is 57.6 Å². The molecule has 8 nitrogen and oxygen atoms in total. The summed E-state index contributed by atoms with van der Waals surface area (Å²) in [6.45, 7) is 5.80. The number of hydrogen-bond acceptors (Lipinski definition) is 4. The first-order valence-corrected chi connectivity index (χ1v) is 9.68. The molecule has 2 rings (SSSR count). The summed E-state index contributed by atoms with van der Waals surface area (Å²) in [5, 5.41) is 17.5. The molecule has 0 aliphatic heterocycles. The Balaban J connectivity index is 0.00000364. The van der Waals surface area contributed by atoms with Crippen molar-refractivity contribution < 1.29 is 4.79 Å². The highest BCUT2D eigenvalue weighted by Gasteiger charge is 2.27. The lowest BCUT2D eigenvalue weighted by Crippen LogP contribution is -2.47. The zero-order valence-electron chi connectivity index (χ0n) is 16.6. The molecule has 2 atom stereocenters. The number of nitrogens with one attached hydrogen (secondary N) is 3. The molecular formula is C18H34IN7O. The quantitative estimate of drug-likeness (QED) is 0.224. The van der Waals surface area contributed by atoms with Crippen LogP contribution in [0.2, 0.25) is 0 Å². The van der Waals surface area contributed by atoms with Crippen LogP contribution in [0, 0.1) is 5.92 Å². The van der Waals surface area contributed by atoms with Gasteiger partial charge in [-0.2, -0.15) is 0 Å². The number of nitrogens with zero attached hydrogens (tertiary/aromatic N) is 4. The van der Waals surface area contributed by atoms with Crippen molar-refractivity contribution in [3.63, 3.8) is 0 Å². The van der Waals surface area contributed by atoms with E-state index in [1.807, 2.05) is 18.4 Å². The Morgan fingerprint density at radius 1 is 1.26 bits per heavy atom. The maximum atomic E-state index is 12.3. The maximum Gasteiger partial charge on any atom is 0.223 e. The molecule has 1 aliphatic carbocycles. The second-order valence-corrected chi connectivity index (χ2v) is 7.27. The summed E-state index contributed by atoms with van der Waals surface area (Å²) >= 11 is 0. The highest BCUT2D eigenvalue weighted by molar-refractivity contribution is 14.0. The van der Waals surface area contributed by atoms with Crippen LogP contribution in [0.25, 0.3) is 0 Å². The highest BCUT2D eigenvalue weighted by Crippen LogP contribution is 2.24. The van der Waals surface area contributed by atoms with Crippen molar-refractivity contribution in [3.05, 3.63) is 12.7 Å². The average molecular weight is 491 g/mol. The highest BCUT2D eigenvalue weighted by atomic mass is 127. The van der Waals surface area contributed by atoms with E-state index in [9.17, 15) is 4.79 Å². The molecule has 0 saturated heterocycles. The van der Waals surface area contributed by atoms with Crippen LogP contribution in [0.15, 0.2) is 17.6 Å². The van der Waals surface area contributed by atoms with Crippen LogP contribution in [0.4, 0.5) is 0 Å². The minimum absolute atomic E-state index is 0. The molecule has 1 saturated carbocycles. The topological polar surface area (TPSA) is 96.2 Å². The third-order valence-electron chi connectivity index (χ3n) is 4.64. The van der Waals surface area contributed by atoms with E-state index in [1.54, 1.807) is 19.7 Å². The van der Waals surface area contributed by atoms with E-state index in [2.05, 4.69) is 31.1 Å². The normalized spacial score (nSPS) is 20.1. The van der Waals surface area contributed by atoms with Crippen molar-refractivity contribution >= 4 is 35.8 Å². The summed E-state index contributed by atoms with van der Waals surface area (Å²) in [7, 11) is 1.79. The molecule has 0 aromatic carbocycles. The van der Waals surface area contributed by atoms with Gasteiger partial charge in [0.05, 0.1) is 0 Å². The SMILES string of the molecule is CN=C(NCCCCn1cnnc1)NC1CCCC(C(=O)NC(C)C)C1.I. The fourth-order valence-electron chi connectivity index (χ4n) is 3.31. The lowest BCUT2D eigenvalue weighted by atomic mass is 9.85. The predicted octanol–water partition coefficient (Wildman–Crippen LogP) is 1.92. The largest absolute Gasteiger partial charge is 0.356 e. The van der Waals surface area contributed by atoms with E-state index >= 15 is 0 Å². The molecular weight excluding hydrogens is 457 g/mol. The van der Waals surface area contributed by atoms with Gasteiger partial charge in [0.15, 0.2) is 5.96 Å². The van der Waals surface area contributed by atoms with E-state index < -0.39 is 0 Å². The predicted molar refractivity (Wildman–Crippen MR) is 118 cm³/mol. The van der Waals surface area contributed by atoms with Crippen LogP contribution in [-0.2, 0) is 11.3 Å². The first-order chi connectivity index (χ1) is 12.6. The molecule has 9 heteroatoms. The number of hydrogen-bond donors (Lipinski definition) is 3. The second-order valence-electron chi connectivity index (χ2n) is 7.27. The fraction of sp³-hybridized carbons (Fsp3) is 0.778. The number of rotatable bonds is 8. The number of guanidine groups is 1. The number of halogens is 1. The molecule has 2 unspecified atom stereocenters. The van der Waals surface area contributed by atoms with E-state index in [4.69, 9.17) is 0 Å². The molecule has 154 valence electrons. The van der Waals surface area contributed by atoms with Gasteiger partial charge in [-0.05, 0) is 46.0 Å². The van der Waals surface area contributed by atoms with E-state index in [1.165, 1.54) is 0 Å². The molecule has 1 aromatic heterocycles. The number of carbonyl (C=O) groups excluding carboxylic acids is 1. The van der Waals surface area contributed by atoms with Crippen molar-refractivity contribution in [2.75, 3.05) is 13.6 Å². The minimum Gasteiger partial charge on any atom is -0.356 e. The Hall–Kier alpha value is -1.39. The zero-order valence-corrected chi connectivity index (χ0v) is 19.0. The van der Waals surface area contributed by atoms with Gasteiger partial charge in [-0.1, -0.05) is 6.42 Å². The van der Waals surface area contributed by atoms with Gasteiger partial charge in [-0.15, -0.1) is 34.2 Å². The second kappa shape index (κ2) is 12.9. The number of amides is 1. The smallest absolute Gasteiger partial charge is 0.223 e. The van der Waals surface area contributed by atoms with E-state index in [0.29, 0.717) is 6.04 Å². The van der Waals surface area contributed by atoms with Gasteiger partial charge in [-0.3, -0.25) is 9.79 Å². The van der Waals surface area contributed by atoms with Crippen molar-refractivity contribution in [1.82, 2.24) is 30.7 Å². The summed E-state index contributed by atoms with van der Waals surface area (Å²) in [6, 6.07) is 0.498. The van der Waals surface area contributed by atoms with Gasteiger partial charge in [0, 0.05) is 38.1 Å². The Kier molecular flexibility index (Phi) is 11.3. The summed E-state index contributed by atoms with van der Waals surface area (Å²) in [5.41, 5.74) is 0. The molecule has 0 spiro atoms. The first-order valence-electron chi connectivity index (χ1n) is 9.68. The minimum atomic E-state index is 0. The van der Waals surface area contributed by atoms with Gasteiger partial charge >= 0.3 is 0 Å². The van der Waals surface area contributed by atoms with Gasteiger partial charge in [0.25, 0.3) is 0 Å². The number of carbonyl (C=O) groups is 1. The Labute approximate surface area is 179 Å². The van der Waals surface area contributed by atoms with Crippen molar-refractivity contribution in [2.45, 2.75) is 71.0 Å². The fourth-order valence-corrected chi connectivity index (χ4v) is 3.31. The molecule has 0 bridgehead atoms. The van der Waals surface area contributed by atoms with E-state index in [-0.39, 0.29) is 41.8 Å². The van der Waals surface area contributed by atoms with Crippen molar-refractivity contribution in [1.29, 1.82) is 0 Å².